The Bertz CT molecular complexity index is 446. The molecule has 0 N–H and O–H groups in total. The topological polar surface area (TPSA) is 51.0 Å². The maximum absolute atomic E-state index is 11.6. The first kappa shape index (κ1) is 11.7. The van der Waals surface area contributed by atoms with Crippen LogP contribution in [-0.4, -0.2) is 38.7 Å². The number of hydrogen-bond acceptors (Lipinski definition) is 3. The third kappa shape index (κ3) is 1.91. The minimum absolute atomic E-state index is 0.278. The number of carbonyl (C=O) groups is 1. The van der Waals surface area contributed by atoms with E-state index in [1.165, 1.54) is 6.42 Å². The Morgan fingerprint density at radius 3 is 2.78 bits per heavy atom. The van der Waals surface area contributed by atoms with E-state index in [1.54, 1.807) is 0 Å². The summed E-state index contributed by atoms with van der Waals surface area (Å²) in [6.07, 6.45) is 4.95. The summed E-state index contributed by atoms with van der Waals surface area (Å²) in [5, 5.41) is 8.64. The number of amides is 1. The van der Waals surface area contributed by atoms with Gasteiger partial charge in [-0.2, -0.15) is 0 Å². The zero-order chi connectivity index (χ0) is 12.5. The largest absolute Gasteiger partial charge is 0.343 e. The van der Waals surface area contributed by atoms with Crippen LogP contribution in [0.2, 0.25) is 0 Å². The van der Waals surface area contributed by atoms with Crippen LogP contribution >= 0.6 is 0 Å². The lowest BCUT2D eigenvalue weighted by atomic mass is 9.95. The van der Waals surface area contributed by atoms with Crippen LogP contribution in [0.15, 0.2) is 0 Å². The second-order valence-corrected chi connectivity index (χ2v) is 5.24. The van der Waals surface area contributed by atoms with Crippen LogP contribution in [0.4, 0.5) is 0 Å². The number of likely N-dealkylation sites (tertiary alicyclic amines) is 1. The molecule has 2 aliphatic heterocycles. The molecule has 5 heteroatoms. The molecule has 1 fully saturated rings. The smallest absolute Gasteiger partial charge is 0.222 e. The lowest BCUT2D eigenvalue weighted by Gasteiger charge is -2.31. The Kier molecular flexibility index (Phi) is 3.06. The van der Waals surface area contributed by atoms with E-state index in [1.807, 2.05) is 11.8 Å². The summed E-state index contributed by atoms with van der Waals surface area (Å²) in [5.41, 5.74) is 0. The van der Waals surface area contributed by atoms with Crippen molar-refractivity contribution in [3.05, 3.63) is 11.6 Å². The van der Waals surface area contributed by atoms with E-state index < -0.39 is 0 Å². The number of rotatable bonds is 2. The molecule has 3 heterocycles. The Hall–Kier alpha value is -1.39. The summed E-state index contributed by atoms with van der Waals surface area (Å²) in [5.74, 6) is 3.08. The number of hydrogen-bond donors (Lipinski definition) is 0. The molecule has 2 aliphatic rings. The zero-order valence-electron chi connectivity index (χ0n) is 10.9. The van der Waals surface area contributed by atoms with Crippen LogP contribution in [0.25, 0.3) is 0 Å². The lowest BCUT2D eigenvalue weighted by Crippen LogP contribution is -2.37. The summed E-state index contributed by atoms with van der Waals surface area (Å²) in [4.78, 5) is 13.6. The minimum Gasteiger partial charge on any atom is -0.343 e. The number of nitrogens with zero attached hydrogens (tertiary/aromatic N) is 4. The highest BCUT2D eigenvalue weighted by atomic mass is 16.2. The predicted octanol–water partition coefficient (Wildman–Crippen LogP) is 1.34. The first-order valence-electron chi connectivity index (χ1n) is 6.99. The average Bonchev–Trinajstić information content (AvgIpc) is 3.00. The van der Waals surface area contributed by atoms with Crippen LogP contribution < -0.4 is 0 Å². The third-order valence-corrected chi connectivity index (χ3v) is 4.15. The van der Waals surface area contributed by atoms with Gasteiger partial charge >= 0.3 is 0 Å². The SMILES string of the molecule is CCC(=O)N1CCC(c2nnc3n2CCC3)CC1. The predicted molar refractivity (Wildman–Crippen MR) is 67.2 cm³/mol. The molecule has 0 saturated carbocycles. The molecule has 0 atom stereocenters. The van der Waals surface area contributed by atoms with Gasteiger partial charge in [0.25, 0.3) is 0 Å². The molecule has 0 aliphatic carbocycles. The third-order valence-electron chi connectivity index (χ3n) is 4.15. The molecular weight excluding hydrogens is 228 g/mol. The molecule has 5 nitrogen and oxygen atoms in total. The quantitative estimate of drug-likeness (QED) is 0.793. The van der Waals surface area contributed by atoms with Gasteiger partial charge in [-0.1, -0.05) is 6.92 Å². The fourth-order valence-electron chi connectivity index (χ4n) is 3.09. The Labute approximate surface area is 107 Å². The summed E-state index contributed by atoms with van der Waals surface area (Å²) in [6.45, 7) is 4.75. The summed E-state index contributed by atoms with van der Waals surface area (Å²) < 4.78 is 2.29. The van der Waals surface area contributed by atoms with Gasteiger partial charge in [0.05, 0.1) is 0 Å². The Morgan fingerprint density at radius 1 is 1.28 bits per heavy atom. The highest BCUT2D eigenvalue weighted by molar-refractivity contribution is 5.75. The fourth-order valence-corrected chi connectivity index (χ4v) is 3.09. The van der Waals surface area contributed by atoms with Crippen LogP contribution in [0.3, 0.4) is 0 Å². The second kappa shape index (κ2) is 4.71. The van der Waals surface area contributed by atoms with E-state index in [4.69, 9.17) is 0 Å². The fraction of sp³-hybridized carbons (Fsp3) is 0.769. The van der Waals surface area contributed by atoms with Crippen molar-refractivity contribution in [1.29, 1.82) is 0 Å². The van der Waals surface area contributed by atoms with Gasteiger partial charge in [0.1, 0.15) is 11.6 Å². The van der Waals surface area contributed by atoms with E-state index >= 15 is 0 Å². The molecule has 1 amide bonds. The van der Waals surface area contributed by atoms with Crippen molar-refractivity contribution in [2.24, 2.45) is 0 Å². The molecule has 0 aromatic carbocycles. The van der Waals surface area contributed by atoms with Crippen molar-refractivity contribution in [1.82, 2.24) is 19.7 Å². The maximum Gasteiger partial charge on any atom is 0.222 e. The van der Waals surface area contributed by atoms with E-state index in [0.717, 1.165) is 50.5 Å². The van der Waals surface area contributed by atoms with Crippen molar-refractivity contribution in [3.63, 3.8) is 0 Å². The van der Waals surface area contributed by atoms with Gasteiger partial charge in [0, 0.05) is 38.4 Å². The maximum atomic E-state index is 11.6. The van der Waals surface area contributed by atoms with Gasteiger partial charge in [0.2, 0.25) is 5.91 Å². The zero-order valence-corrected chi connectivity index (χ0v) is 10.9. The molecule has 1 aromatic heterocycles. The molecule has 1 saturated heterocycles. The van der Waals surface area contributed by atoms with Crippen LogP contribution in [-0.2, 0) is 17.8 Å². The van der Waals surface area contributed by atoms with Crippen molar-refractivity contribution >= 4 is 5.91 Å². The van der Waals surface area contributed by atoms with Gasteiger partial charge in [-0.15, -0.1) is 10.2 Å². The molecule has 0 spiro atoms. The summed E-state index contributed by atoms with van der Waals surface area (Å²) in [7, 11) is 0. The van der Waals surface area contributed by atoms with E-state index in [0.29, 0.717) is 12.3 Å². The van der Waals surface area contributed by atoms with E-state index in [2.05, 4.69) is 14.8 Å². The van der Waals surface area contributed by atoms with Gasteiger partial charge < -0.3 is 9.47 Å². The van der Waals surface area contributed by atoms with Gasteiger partial charge in [-0.25, -0.2) is 0 Å². The summed E-state index contributed by atoms with van der Waals surface area (Å²) in [6, 6.07) is 0. The highest BCUT2D eigenvalue weighted by Crippen LogP contribution is 2.29. The second-order valence-electron chi connectivity index (χ2n) is 5.24. The van der Waals surface area contributed by atoms with Crippen LogP contribution in [0, 0.1) is 0 Å². The normalized spacial score (nSPS) is 20.2. The Balaban J connectivity index is 1.67. The van der Waals surface area contributed by atoms with E-state index in [9.17, 15) is 4.79 Å². The van der Waals surface area contributed by atoms with Gasteiger partial charge in [-0.05, 0) is 19.3 Å². The minimum atomic E-state index is 0.278. The Morgan fingerprint density at radius 2 is 2.06 bits per heavy atom. The number of aryl methyl sites for hydroxylation is 1. The van der Waals surface area contributed by atoms with Crippen molar-refractivity contribution in [2.45, 2.75) is 51.5 Å². The first-order valence-corrected chi connectivity index (χ1v) is 6.99. The highest BCUT2D eigenvalue weighted by Gasteiger charge is 2.28. The molecule has 0 radical (unpaired) electrons. The van der Waals surface area contributed by atoms with Crippen molar-refractivity contribution < 1.29 is 4.79 Å². The average molecular weight is 248 g/mol. The van der Waals surface area contributed by atoms with Crippen molar-refractivity contribution in [3.8, 4) is 0 Å². The number of aromatic nitrogens is 3. The standard InChI is InChI=1S/C13H20N4O/c1-2-12(18)16-8-5-10(6-9-16)13-15-14-11-4-3-7-17(11)13/h10H,2-9H2,1H3. The lowest BCUT2D eigenvalue weighted by molar-refractivity contribution is -0.131. The number of piperidine rings is 1. The molecule has 18 heavy (non-hydrogen) atoms. The van der Waals surface area contributed by atoms with Gasteiger partial charge in [-0.3, -0.25) is 4.79 Å². The monoisotopic (exact) mass is 248 g/mol. The number of carbonyl (C=O) groups excluding carboxylic acids is 1. The van der Waals surface area contributed by atoms with Crippen molar-refractivity contribution in [2.75, 3.05) is 13.1 Å². The molecule has 3 rings (SSSR count). The molecule has 1 aromatic rings. The van der Waals surface area contributed by atoms with E-state index in [-0.39, 0.29) is 5.91 Å². The molecular formula is C13H20N4O. The molecule has 98 valence electrons. The molecule has 0 unspecified atom stereocenters. The summed E-state index contributed by atoms with van der Waals surface area (Å²) >= 11 is 0. The van der Waals surface area contributed by atoms with Crippen LogP contribution in [0.1, 0.15) is 50.2 Å². The van der Waals surface area contributed by atoms with Crippen LogP contribution in [0.5, 0.6) is 0 Å². The molecule has 0 bridgehead atoms. The van der Waals surface area contributed by atoms with Gasteiger partial charge in [0.15, 0.2) is 0 Å². The number of fused-ring (bicyclic) bond motifs is 1. The first-order chi connectivity index (χ1) is 8.79.